The van der Waals surface area contributed by atoms with Crippen LogP contribution in [0.15, 0.2) is 4.47 Å². The van der Waals surface area contributed by atoms with Crippen molar-refractivity contribution in [2.75, 3.05) is 5.75 Å². The first-order chi connectivity index (χ1) is 5.83. The molecule has 0 saturated heterocycles. The van der Waals surface area contributed by atoms with E-state index in [0.717, 1.165) is 34.5 Å². The number of aldehydes is 1. The molecule has 0 aromatic carbocycles. The topological polar surface area (TPSA) is 34.9 Å². The second kappa shape index (κ2) is 3.22. The Labute approximate surface area is 82.6 Å². The van der Waals surface area contributed by atoms with Gasteiger partial charge in [0.1, 0.15) is 5.69 Å². The van der Waals surface area contributed by atoms with E-state index in [-0.39, 0.29) is 0 Å². The summed E-state index contributed by atoms with van der Waals surface area (Å²) in [6.07, 6.45) is 0.792. The number of fused-ring (bicyclic) bond motifs is 1. The number of hydrogen-bond acceptors (Lipinski definition) is 3. The fourth-order valence-corrected chi connectivity index (χ4v) is 2.85. The van der Waals surface area contributed by atoms with E-state index < -0.39 is 0 Å². The molecule has 0 unspecified atom stereocenters. The lowest BCUT2D eigenvalue weighted by molar-refractivity contribution is 0.111. The van der Waals surface area contributed by atoms with Crippen molar-refractivity contribution in [3.05, 3.63) is 15.9 Å². The third kappa shape index (κ3) is 1.21. The van der Waals surface area contributed by atoms with Gasteiger partial charge in [-0.05, 0) is 15.9 Å². The maximum absolute atomic E-state index is 10.5. The number of rotatable bonds is 1. The maximum atomic E-state index is 10.5. The minimum absolute atomic E-state index is 0.521. The first-order valence-electron chi connectivity index (χ1n) is 3.61. The molecule has 0 fully saturated rings. The number of hydrogen-bond donors (Lipinski definition) is 0. The van der Waals surface area contributed by atoms with Crippen LogP contribution in [0.5, 0.6) is 0 Å². The van der Waals surface area contributed by atoms with E-state index in [1.54, 1.807) is 0 Å². The van der Waals surface area contributed by atoms with Crippen molar-refractivity contribution in [2.45, 2.75) is 12.3 Å². The number of carbonyl (C=O) groups is 1. The van der Waals surface area contributed by atoms with Gasteiger partial charge in [-0.25, -0.2) is 0 Å². The molecule has 12 heavy (non-hydrogen) atoms. The van der Waals surface area contributed by atoms with Crippen molar-refractivity contribution in [2.24, 2.45) is 0 Å². The largest absolute Gasteiger partial charge is 0.296 e. The summed E-state index contributed by atoms with van der Waals surface area (Å²) in [6, 6.07) is 0. The van der Waals surface area contributed by atoms with Gasteiger partial charge in [-0.15, -0.1) is 0 Å². The van der Waals surface area contributed by atoms with Crippen LogP contribution in [-0.2, 0) is 12.3 Å². The molecule has 2 rings (SSSR count). The van der Waals surface area contributed by atoms with E-state index in [1.807, 2.05) is 16.4 Å². The Morgan fingerprint density at radius 2 is 2.50 bits per heavy atom. The smallest absolute Gasteiger partial charge is 0.171 e. The van der Waals surface area contributed by atoms with Gasteiger partial charge in [-0.2, -0.15) is 16.9 Å². The van der Waals surface area contributed by atoms with Crippen LogP contribution in [0.25, 0.3) is 0 Å². The molecule has 0 radical (unpaired) electrons. The summed E-state index contributed by atoms with van der Waals surface area (Å²) in [6.45, 7) is 0.909. The molecular formula is C7H7BrN2OS. The van der Waals surface area contributed by atoms with E-state index >= 15 is 0 Å². The summed E-state index contributed by atoms with van der Waals surface area (Å²) in [4.78, 5) is 10.5. The highest BCUT2D eigenvalue weighted by Gasteiger charge is 2.17. The summed E-state index contributed by atoms with van der Waals surface area (Å²) >= 11 is 5.24. The van der Waals surface area contributed by atoms with Gasteiger partial charge in [-0.3, -0.25) is 9.48 Å². The van der Waals surface area contributed by atoms with Crippen molar-refractivity contribution in [1.29, 1.82) is 0 Å². The van der Waals surface area contributed by atoms with Gasteiger partial charge in [0.2, 0.25) is 0 Å². The number of halogens is 1. The lowest BCUT2D eigenvalue weighted by Gasteiger charge is -2.12. The maximum Gasteiger partial charge on any atom is 0.171 e. The third-order valence-corrected chi connectivity index (χ3v) is 3.63. The molecule has 1 aromatic rings. The van der Waals surface area contributed by atoms with Crippen LogP contribution in [-0.4, -0.2) is 21.8 Å². The fourth-order valence-electron chi connectivity index (χ4n) is 1.21. The SMILES string of the molecule is O=Cc1nn2c(c1Br)CSCC2. The molecule has 0 atom stereocenters. The van der Waals surface area contributed by atoms with E-state index in [1.165, 1.54) is 0 Å². The van der Waals surface area contributed by atoms with Crippen LogP contribution >= 0.6 is 27.7 Å². The molecule has 1 aliphatic heterocycles. The Kier molecular flexibility index (Phi) is 2.23. The first kappa shape index (κ1) is 8.31. The van der Waals surface area contributed by atoms with Crippen molar-refractivity contribution >= 4 is 34.0 Å². The predicted octanol–water partition coefficient (Wildman–Crippen LogP) is 1.70. The molecule has 3 nitrogen and oxygen atoms in total. The standard InChI is InChI=1S/C7H7BrN2OS/c8-7-5(3-11)9-10-1-2-12-4-6(7)10/h3H,1-2,4H2. The van der Waals surface area contributed by atoms with E-state index in [0.29, 0.717) is 5.69 Å². The zero-order valence-electron chi connectivity index (χ0n) is 6.29. The number of thioether (sulfide) groups is 1. The number of aromatic nitrogens is 2. The molecule has 1 aliphatic rings. The quantitative estimate of drug-likeness (QED) is 0.708. The monoisotopic (exact) mass is 246 g/mol. The molecule has 1 aromatic heterocycles. The summed E-state index contributed by atoms with van der Waals surface area (Å²) in [5, 5.41) is 4.16. The van der Waals surface area contributed by atoms with Gasteiger partial charge < -0.3 is 0 Å². The second-order valence-corrected chi connectivity index (χ2v) is 4.44. The second-order valence-electron chi connectivity index (χ2n) is 2.54. The Balaban J connectivity index is 2.51. The van der Waals surface area contributed by atoms with E-state index in [2.05, 4.69) is 21.0 Å². The summed E-state index contributed by atoms with van der Waals surface area (Å²) in [5.74, 6) is 2.03. The van der Waals surface area contributed by atoms with Crippen molar-refractivity contribution < 1.29 is 4.79 Å². The Morgan fingerprint density at radius 3 is 3.17 bits per heavy atom. The highest BCUT2D eigenvalue weighted by molar-refractivity contribution is 9.10. The van der Waals surface area contributed by atoms with Gasteiger partial charge in [-0.1, -0.05) is 0 Å². The minimum atomic E-state index is 0.521. The van der Waals surface area contributed by atoms with Crippen molar-refractivity contribution in [3.8, 4) is 0 Å². The zero-order chi connectivity index (χ0) is 8.55. The fraction of sp³-hybridized carbons (Fsp3) is 0.429. The highest BCUT2D eigenvalue weighted by Crippen LogP contribution is 2.27. The van der Waals surface area contributed by atoms with E-state index in [9.17, 15) is 4.79 Å². The Morgan fingerprint density at radius 1 is 1.67 bits per heavy atom. The van der Waals surface area contributed by atoms with E-state index in [4.69, 9.17) is 0 Å². The molecular weight excluding hydrogens is 240 g/mol. The van der Waals surface area contributed by atoms with Gasteiger partial charge >= 0.3 is 0 Å². The van der Waals surface area contributed by atoms with Crippen LogP contribution in [0.4, 0.5) is 0 Å². The third-order valence-electron chi connectivity index (χ3n) is 1.82. The summed E-state index contributed by atoms with van der Waals surface area (Å²) < 4.78 is 2.77. The average Bonchev–Trinajstić information content (AvgIpc) is 2.44. The van der Waals surface area contributed by atoms with Crippen LogP contribution in [0.2, 0.25) is 0 Å². The van der Waals surface area contributed by atoms with Crippen molar-refractivity contribution in [1.82, 2.24) is 9.78 Å². The predicted molar refractivity (Wildman–Crippen MR) is 51.5 cm³/mol. The van der Waals surface area contributed by atoms with Crippen LogP contribution in [0.3, 0.4) is 0 Å². The van der Waals surface area contributed by atoms with Gasteiger partial charge in [0.25, 0.3) is 0 Å². The first-order valence-corrected chi connectivity index (χ1v) is 5.56. The molecule has 0 amide bonds. The lowest BCUT2D eigenvalue weighted by Crippen LogP contribution is -2.11. The number of nitrogens with zero attached hydrogens (tertiary/aromatic N) is 2. The average molecular weight is 247 g/mol. The lowest BCUT2D eigenvalue weighted by atomic mass is 10.4. The minimum Gasteiger partial charge on any atom is -0.296 e. The Bertz CT molecular complexity index is 323. The molecule has 0 aliphatic carbocycles. The summed E-state index contributed by atoms with van der Waals surface area (Å²) in [5.41, 5.74) is 1.65. The van der Waals surface area contributed by atoms with Gasteiger partial charge in [0, 0.05) is 11.5 Å². The van der Waals surface area contributed by atoms with Gasteiger partial charge in [0.05, 0.1) is 16.7 Å². The van der Waals surface area contributed by atoms with Crippen LogP contribution in [0, 0.1) is 0 Å². The highest BCUT2D eigenvalue weighted by atomic mass is 79.9. The normalized spacial score (nSPS) is 15.8. The molecule has 2 heterocycles. The molecule has 64 valence electrons. The zero-order valence-corrected chi connectivity index (χ0v) is 8.69. The van der Waals surface area contributed by atoms with Crippen LogP contribution < -0.4 is 0 Å². The van der Waals surface area contributed by atoms with Crippen molar-refractivity contribution in [3.63, 3.8) is 0 Å². The number of carbonyl (C=O) groups excluding carboxylic acids is 1. The summed E-state index contributed by atoms with van der Waals surface area (Å²) in [7, 11) is 0. The van der Waals surface area contributed by atoms with Crippen LogP contribution in [0.1, 0.15) is 16.2 Å². The molecule has 0 N–H and O–H groups in total. The molecule has 0 spiro atoms. The molecule has 0 bridgehead atoms. The molecule has 0 saturated carbocycles. The van der Waals surface area contributed by atoms with Gasteiger partial charge in [0.15, 0.2) is 6.29 Å². The Hall–Kier alpha value is -0.290. The number of aryl methyl sites for hydroxylation is 1. The molecule has 5 heteroatoms.